The molecule has 0 atom stereocenters. The summed E-state index contributed by atoms with van der Waals surface area (Å²) in [5.74, 6) is -6.10. The summed E-state index contributed by atoms with van der Waals surface area (Å²) < 4.78 is 63.3. The monoisotopic (exact) mass is 278 g/mol. The molecule has 0 radical (unpaired) electrons. The van der Waals surface area contributed by atoms with E-state index in [4.69, 9.17) is 0 Å². The van der Waals surface area contributed by atoms with Crippen molar-refractivity contribution >= 4 is 23.0 Å². The molecule has 1 aliphatic rings. The van der Waals surface area contributed by atoms with E-state index in [1.807, 2.05) is 0 Å². The van der Waals surface area contributed by atoms with Crippen LogP contribution in [0.3, 0.4) is 0 Å². The molecule has 19 heavy (non-hydrogen) atoms. The number of aliphatic imine (C=N–C) groups is 1. The van der Waals surface area contributed by atoms with Crippen LogP contribution in [0.15, 0.2) is 29.3 Å². The number of nitrogens with zero attached hydrogens (tertiary/aromatic N) is 1. The van der Waals surface area contributed by atoms with Crippen LogP contribution in [0.25, 0.3) is 0 Å². The van der Waals surface area contributed by atoms with E-state index in [-0.39, 0.29) is 11.4 Å². The lowest BCUT2D eigenvalue weighted by Gasteiger charge is -2.20. The highest BCUT2D eigenvalue weighted by Gasteiger charge is 2.61. The summed E-state index contributed by atoms with van der Waals surface area (Å²) >= 11 is 0. The van der Waals surface area contributed by atoms with Crippen LogP contribution in [-0.4, -0.2) is 23.7 Å². The molecule has 1 aliphatic heterocycles. The van der Waals surface area contributed by atoms with Crippen molar-refractivity contribution in [2.45, 2.75) is 18.5 Å². The second-order valence-corrected chi connectivity index (χ2v) is 3.87. The molecule has 3 nitrogen and oxygen atoms in total. The minimum atomic E-state index is -5.79. The van der Waals surface area contributed by atoms with Gasteiger partial charge in [0.25, 0.3) is 0 Å². The first-order valence-electron chi connectivity index (χ1n) is 5.13. The van der Waals surface area contributed by atoms with Crippen LogP contribution in [0.2, 0.25) is 0 Å². The molecule has 0 fully saturated rings. The summed E-state index contributed by atoms with van der Waals surface area (Å²) in [7, 11) is 0. The summed E-state index contributed by atoms with van der Waals surface area (Å²) in [5, 5.41) is 2.22. The number of halogens is 5. The molecule has 0 saturated heterocycles. The van der Waals surface area contributed by atoms with Gasteiger partial charge in [-0.05, 0) is 12.1 Å². The second-order valence-electron chi connectivity index (χ2n) is 3.87. The van der Waals surface area contributed by atoms with Crippen molar-refractivity contribution in [2.75, 3.05) is 5.32 Å². The lowest BCUT2D eigenvalue weighted by atomic mass is 10.1. The van der Waals surface area contributed by atoms with Crippen LogP contribution in [0.4, 0.5) is 33.3 Å². The standard InChI is InChI=1S/C11H7F5N2O/c12-10(13,11(14,15)16)8-5-9(19)18-7-4-2-1-3-6(7)17-8/h1-4H,5H2,(H,18,19). The van der Waals surface area contributed by atoms with Crippen LogP contribution in [-0.2, 0) is 4.79 Å². The lowest BCUT2D eigenvalue weighted by molar-refractivity contribution is -0.249. The molecule has 0 unspecified atom stereocenters. The molecule has 0 saturated carbocycles. The van der Waals surface area contributed by atoms with E-state index in [1.165, 1.54) is 24.3 Å². The molecule has 1 aromatic carbocycles. The molecule has 102 valence electrons. The Morgan fingerprint density at radius 2 is 1.74 bits per heavy atom. The van der Waals surface area contributed by atoms with Crippen molar-refractivity contribution in [2.24, 2.45) is 4.99 Å². The number of alkyl halides is 5. The number of hydrogen-bond donors (Lipinski definition) is 1. The third-order valence-electron chi connectivity index (χ3n) is 2.48. The van der Waals surface area contributed by atoms with Crippen molar-refractivity contribution in [3.8, 4) is 0 Å². The van der Waals surface area contributed by atoms with Gasteiger partial charge in [-0.1, -0.05) is 12.1 Å². The zero-order chi connectivity index (χ0) is 14.3. The number of benzene rings is 1. The quantitative estimate of drug-likeness (QED) is 0.787. The zero-order valence-electron chi connectivity index (χ0n) is 9.26. The van der Waals surface area contributed by atoms with E-state index in [0.717, 1.165) is 0 Å². The van der Waals surface area contributed by atoms with Gasteiger partial charge in [-0.25, -0.2) is 4.99 Å². The van der Waals surface area contributed by atoms with Crippen LogP contribution < -0.4 is 5.32 Å². The Morgan fingerprint density at radius 1 is 1.11 bits per heavy atom. The summed E-state index contributed by atoms with van der Waals surface area (Å²) in [5.41, 5.74) is -1.55. The molecule has 1 amide bonds. The van der Waals surface area contributed by atoms with Gasteiger partial charge in [-0.15, -0.1) is 0 Å². The van der Waals surface area contributed by atoms with E-state index in [2.05, 4.69) is 10.3 Å². The van der Waals surface area contributed by atoms with Crippen LogP contribution in [0.1, 0.15) is 6.42 Å². The number of fused-ring (bicyclic) bond motifs is 1. The third-order valence-corrected chi connectivity index (χ3v) is 2.48. The minimum Gasteiger partial charge on any atom is -0.324 e. The first-order valence-corrected chi connectivity index (χ1v) is 5.13. The second kappa shape index (κ2) is 4.29. The van der Waals surface area contributed by atoms with Crippen molar-refractivity contribution in [3.05, 3.63) is 24.3 Å². The van der Waals surface area contributed by atoms with Crippen LogP contribution in [0.5, 0.6) is 0 Å². The van der Waals surface area contributed by atoms with E-state index in [1.54, 1.807) is 0 Å². The highest BCUT2D eigenvalue weighted by atomic mass is 19.4. The predicted molar refractivity (Wildman–Crippen MR) is 57.8 cm³/mol. The van der Waals surface area contributed by atoms with Gasteiger partial charge < -0.3 is 5.32 Å². The normalized spacial score (nSPS) is 16.3. The van der Waals surface area contributed by atoms with E-state index >= 15 is 0 Å². The van der Waals surface area contributed by atoms with E-state index in [9.17, 15) is 26.7 Å². The average Bonchev–Trinajstić information content (AvgIpc) is 2.45. The van der Waals surface area contributed by atoms with Gasteiger partial charge in [0.05, 0.1) is 17.8 Å². The first-order chi connectivity index (χ1) is 8.72. The predicted octanol–water partition coefficient (Wildman–Crippen LogP) is 3.30. The Bertz CT molecular complexity index is 550. The maximum atomic E-state index is 13.2. The fourth-order valence-electron chi connectivity index (χ4n) is 1.55. The van der Waals surface area contributed by atoms with Crippen molar-refractivity contribution in [1.29, 1.82) is 0 Å². The average molecular weight is 278 g/mol. The molecular formula is C11H7F5N2O. The van der Waals surface area contributed by atoms with Gasteiger partial charge in [-0.3, -0.25) is 4.79 Å². The number of nitrogens with one attached hydrogen (secondary N) is 1. The minimum absolute atomic E-state index is 0.0977. The molecular weight excluding hydrogens is 271 g/mol. The first kappa shape index (κ1) is 13.4. The Labute approximate surface area is 104 Å². The number of carbonyl (C=O) groups is 1. The zero-order valence-corrected chi connectivity index (χ0v) is 9.26. The summed E-state index contributed by atoms with van der Waals surface area (Å²) in [6.45, 7) is 0. The van der Waals surface area contributed by atoms with Gasteiger partial charge >= 0.3 is 12.1 Å². The van der Waals surface area contributed by atoms with Crippen LogP contribution >= 0.6 is 0 Å². The molecule has 1 aromatic rings. The van der Waals surface area contributed by atoms with Gasteiger partial charge in [0.15, 0.2) is 0 Å². The highest BCUT2D eigenvalue weighted by Crippen LogP contribution is 2.40. The highest BCUT2D eigenvalue weighted by molar-refractivity contribution is 6.13. The third kappa shape index (κ3) is 2.42. The molecule has 0 spiro atoms. The number of rotatable bonds is 1. The molecule has 0 aromatic heterocycles. The summed E-state index contributed by atoms with van der Waals surface area (Å²) in [4.78, 5) is 14.6. The smallest absolute Gasteiger partial charge is 0.324 e. The molecule has 1 heterocycles. The Hall–Kier alpha value is -1.99. The lowest BCUT2D eigenvalue weighted by Crippen LogP contribution is -2.45. The van der Waals surface area contributed by atoms with E-state index in [0.29, 0.717) is 0 Å². The Morgan fingerprint density at radius 3 is 2.37 bits per heavy atom. The summed E-state index contributed by atoms with van der Waals surface area (Å²) in [6.07, 6.45) is -6.90. The molecule has 0 bridgehead atoms. The summed E-state index contributed by atoms with van der Waals surface area (Å²) in [6, 6.07) is 5.53. The fraction of sp³-hybridized carbons (Fsp3) is 0.273. The number of carbonyl (C=O) groups excluding carboxylic acids is 1. The topological polar surface area (TPSA) is 41.5 Å². The number of para-hydroxylation sites is 2. The molecule has 0 aliphatic carbocycles. The van der Waals surface area contributed by atoms with E-state index < -0.39 is 30.1 Å². The Kier molecular flexibility index (Phi) is 3.03. The molecule has 8 heteroatoms. The maximum Gasteiger partial charge on any atom is 0.459 e. The SMILES string of the molecule is O=C1CC(C(F)(F)C(F)(F)F)=Nc2ccccc2N1. The van der Waals surface area contributed by atoms with Gasteiger partial charge in [0.2, 0.25) is 5.91 Å². The number of hydrogen-bond acceptors (Lipinski definition) is 2. The van der Waals surface area contributed by atoms with Crippen LogP contribution in [0, 0.1) is 0 Å². The number of amides is 1. The molecule has 1 N–H and O–H groups in total. The van der Waals surface area contributed by atoms with Gasteiger partial charge in [-0.2, -0.15) is 22.0 Å². The fourth-order valence-corrected chi connectivity index (χ4v) is 1.55. The maximum absolute atomic E-state index is 13.2. The Balaban J connectivity index is 2.53. The largest absolute Gasteiger partial charge is 0.459 e. The van der Waals surface area contributed by atoms with Crippen molar-refractivity contribution in [3.63, 3.8) is 0 Å². The van der Waals surface area contributed by atoms with Crippen molar-refractivity contribution in [1.82, 2.24) is 0 Å². The van der Waals surface area contributed by atoms with Gasteiger partial charge in [0.1, 0.15) is 5.71 Å². The molecule has 2 rings (SSSR count). The van der Waals surface area contributed by atoms with Gasteiger partial charge in [0, 0.05) is 0 Å². The number of anilines is 1. The van der Waals surface area contributed by atoms with Crippen molar-refractivity contribution < 1.29 is 26.7 Å².